The molecular formula is C11H16ClN. The number of rotatable bonds is 4. The van der Waals surface area contributed by atoms with Crippen molar-refractivity contribution in [2.24, 2.45) is 0 Å². The lowest BCUT2D eigenvalue weighted by Crippen LogP contribution is -2.13. The second kappa shape index (κ2) is 5.25. The topological polar surface area (TPSA) is 3.24 Å². The number of aryl methyl sites for hydroxylation is 1. The lowest BCUT2D eigenvalue weighted by atomic mass is 10.1. The van der Waals surface area contributed by atoms with Crippen LogP contribution in [0.5, 0.6) is 0 Å². The third-order valence-corrected chi connectivity index (χ3v) is 2.24. The van der Waals surface area contributed by atoms with Crippen molar-refractivity contribution in [2.75, 3.05) is 20.6 Å². The molecular weight excluding hydrogens is 182 g/mol. The van der Waals surface area contributed by atoms with Gasteiger partial charge in [-0.2, -0.15) is 0 Å². The molecule has 13 heavy (non-hydrogen) atoms. The lowest BCUT2D eigenvalue weighted by Gasteiger charge is -2.08. The van der Waals surface area contributed by atoms with Gasteiger partial charge in [0.15, 0.2) is 0 Å². The van der Waals surface area contributed by atoms with Crippen molar-refractivity contribution in [2.45, 2.75) is 12.8 Å². The largest absolute Gasteiger partial charge is 0.309 e. The molecule has 1 aromatic rings. The van der Waals surface area contributed by atoms with Crippen LogP contribution in [0.3, 0.4) is 0 Å². The summed E-state index contributed by atoms with van der Waals surface area (Å²) in [5.74, 6) is 0. The number of halogens is 1. The SMILES string of the molecule is CN(C)CCCc1ccc(Cl)cc1. The quantitative estimate of drug-likeness (QED) is 0.718. The van der Waals surface area contributed by atoms with Crippen molar-refractivity contribution in [3.8, 4) is 0 Å². The molecule has 0 atom stereocenters. The maximum atomic E-state index is 5.79. The van der Waals surface area contributed by atoms with Crippen LogP contribution in [0.2, 0.25) is 5.02 Å². The number of nitrogens with zero attached hydrogens (tertiary/aromatic N) is 1. The summed E-state index contributed by atoms with van der Waals surface area (Å²) < 4.78 is 0. The van der Waals surface area contributed by atoms with Crippen molar-refractivity contribution in [1.82, 2.24) is 4.90 Å². The molecule has 0 aliphatic heterocycles. The highest BCUT2D eigenvalue weighted by molar-refractivity contribution is 6.30. The number of benzene rings is 1. The van der Waals surface area contributed by atoms with Crippen molar-refractivity contribution < 1.29 is 0 Å². The fourth-order valence-corrected chi connectivity index (χ4v) is 1.38. The molecule has 1 nitrogen and oxygen atoms in total. The summed E-state index contributed by atoms with van der Waals surface area (Å²) in [6.07, 6.45) is 2.34. The van der Waals surface area contributed by atoms with E-state index in [2.05, 4.69) is 31.1 Å². The van der Waals surface area contributed by atoms with E-state index in [1.54, 1.807) is 0 Å². The van der Waals surface area contributed by atoms with Gasteiger partial charge in [0.05, 0.1) is 0 Å². The lowest BCUT2D eigenvalue weighted by molar-refractivity contribution is 0.400. The highest BCUT2D eigenvalue weighted by atomic mass is 35.5. The van der Waals surface area contributed by atoms with Gasteiger partial charge in [0.2, 0.25) is 0 Å². The average molecular weight is 198 g/mol. The Bertz CT molecular complexity index is 241. The molecule has 0 heterocycles. The molecule has 72 valence electrons. The average Bonchev–Trinajstić information content (AvgIpc) is 2.08. The molecule has 1 aromatic carbocycles. The highest BCUT2D eigenvalue weighted by Gasteiger charge is 1.94. The van der Waals surface area contributed by atoms with Gasteiger partial charge in [0, 0.05) is 5.02 Å². The Morgan fingerprint density at radius 1 is 1.15 bits per heavy atom. The van der Waals surface area contributed by atoms with Crippen molar-refractivity contribution in [1.29, 1.82) is 0 Å². The Hall–Kier alpha value is -0.530. The molecule has 0 aliphatic rings. The molecule has 0 radical (unpaired) electrons. The number of hydrogen-bond acceptors (Lipinski definition) is 1. The molecule has 0 unspecified atom stereocenters. The first-order valence-corrected chi connectivity index (χ1v) is 4.95. The van der Waals surface area contributed by atoms with Crippen LogP contribution in [0.4, 0.5) is 0 Å². The first-order chi connectivity index (χ1) is 6.18. The third kappa shape index (κ3) is 4.30. The van der Waals surface area contributed by atoms with Gasteiger partial charge >= 0.3 is 0 Å². The Morgan fingerprint density at radius 3 is 2.31 bits per heavy atom. The van der Waals surface area contributed by atoms with Crippen LogP contribution in [-0.4, -0.2) is 25.5 Å². The molecule has 0 spiro atoms. The molecule has 0 fully saturated rings. The molecule has 0 aromatic heterocycles. The van der Waals surface area contributed by atoms with Gasteiger partial charge in [-0.25, -0.2) is 0 Å². The zero-order chi connectivity index (χ0) is 9.68. The maximum Gasteiger partial charge on any atom is 0.0406 e. The Labute approximate surface area is 85.3 Å². The van der Waals surface area contributed by atoms with Gasteiger partial charge in [-0.3, -0.25) is 0 Å². The zero-order valence-electron chi connectivity index (χ0n) is 8.26. The fourth-order valence-electron chi connectivity index (χ4n) is 1.25. The second-order valence-corrected chi connectivity index (χ2v) is 3.97. The van der Waals surface area contributed by atoms with Crippen LogP contribution in [0.25, 0.3) is 0 Å². The van der Waals surface area contributed by atoms with E-state index in [1.807, 2.05) is 12.1 Å². The first kappa shape index (κ1) is 10.6. The minimum Gasteiger partial charge on any atom is -0.309 e. The molecule has 0 amide bonds. The summed E-state index contributed by atoms with van der Waals surface area (Å²) in [7, 11) is 4.20. The summed E-state index contributed by atoms with van der Waals surface area (Å²) in [5, 5.41) is 0.816. The van der Waals surface area contributed by atoms with Crippen LogP contribution in [0.15, 0.2) is 24.3 Å². The minimum absolute atomic E-state index is 0.816. The highest BCUT2D eigenvalue weighted by Crippen LogP contribution is 2.10. The third-order valence-electron chi connectivity index (χ3n) is 1.98. The Kier molecular flexibility index (Phi) is 4.26. The van der Waals surface area contributed by atoms with Gasteiger partial charge in [-0.15, -0.1) is 0 Å². The van der Waals surface area contributed by atoms with E-state index >= 15 is 0 Å². The van der Waals surface area contributed by atoms with E-state index in [0.29, 0.717) is 0 Å². The van der Waals surface area contributed by atoms with Crippen LogP contribution >= 0.6 is 11.6 Å². The van der Waals surface area contributed by atoms with E-state index in [4.69, 9.17) is 11.6 Å². The summed E-state index contributed by atoms with van der Waals surface area (Å²) in [5.41, 5.74) is 1.37. The molecule has 0 saturated heterocycles. The standard InChI is InChI=1S/C11H16ClN/c1-13(2)9-3-4-10-5-7-11(12)8-6-10/h5-8H,3-4,9H2,1-2H3. The van der Waals surface area contributed by atoms with Crippen molar-refractivity contribution in [3.63, 3.8) is 0 Å². The smallest absolute Gasteiger partial charge is 0.0406 e. The van der Waals surface area contributed by atoms with Crippen LogP contribution in [0.1, 0.15) is 12.0 Å². The van der Waals surface area contributed by atoms with Crippen LogP contribution < -0.4 is 0 Å². The Balaban J connectivity index is 2.33. The summed E-state index contributed by atoms with van der Waals surface area (Å²) >= 11 is 5.79. The minimum atomic E-state index is 0.816. The van der Waals surface area contributed by atoms with Gasteiger partial charge in [0.25, 0.3) is 0 Å². The summed E-state index contributed by atoms with van der Waals surface area (Å²) in [6.45, 7) is 1.14. The van der Waals surface area contributed by atoms with E-state index in [0.717, 1.165) is 18.0 Å². The Morgan fingerprint density at radius 2 is 1.77 bits per heavy atom. The molecule has 1 rings (SSSR count). The fraction of sp³-hybridized carbons (Fsp3) is 0.455. The van der Waals surface area contributed by atoms with Crippen molar-refractivity contribution in [3.05, 3.63) is 34.9 Å². The maximum absolute atomic E-state index is 5.79. The van der Waals surface area contributed by atoms with E-state index in [-0.39, 0.29) is 0 Å². The molecule has 0 N–H and O–H groups in total. The normalized spacial score (nSPS) is 10.8. The summed E-state index contributed by atoms with van der Waals surface area (Å²) in [6, 6.07) is 8.09. The number of hydrogen-bond donors (Lipinski definition) is 0. The van der Waals surface area contributed by atoms with Gasteiger partial charge < -0.3 is 4.90 Å². The van der Waals surface area contributed by atoms with Crippen molar-refractivity contribution >= 4 is 11.6 Å². The molecule has 0 saturated carbocycles. The van der Waals surface area contributed by atoms with Crippen LogP contribution in [0, 0.1) is 0 Å². The second-order valence-electron chi connectivity index (χ2n) is 3.53. The predicted molar refractivity (Wildman–Crippen MR) is 58.3 cm³/mol. The van der Waals surface area contributed by atoms with E-state index < -0.39 is 0 Å². The van der Waals surface area contributed by atoms with E-state index in [1.165, 1.54) is 12.0 Å². The molecule has 0 bridgehead atoms. The first-order valence-electron chi connectivity index (χ1n) is 4.57. The monoisotopic (exact) mass is 197 g/mol. The van der Waals surface area contributed by atoms with Gasteiger partial charge in [-0.1, -0.05) is 23.7 Å². The molecule has 0 aliphatic carbocycles. The van der Waals surface area contributed by atoms with Gasteiger partial charge in [0.1, 0.15) is 0 Å². The van der Waals surface area contributed by atoms with Crippen LogP contribution in [-0.2, 0) is 6.42 Å². The van der Waals surface area contributed by atoms with Gasteiger partial charge in [-0.05, 0) is 51.2 Å². The predicted octanol–water partition coefficient (Wildman–Crippen LogP) is 2.83. The zero-order valence-corrected chi connectivity index (χ0v) is 9.01. The van der Waals surface area contributed by atoms with E-state index in [9.17, 15) is 0 Å². The summed E-state index contributed by atoms with van der Waals surface area (Å²) in [4.78, 5) is 2.20. The molecule has 2 heteroatoms.